The molecule has 8 heteroatoms. The molecule has 1 aromatic carbocycles. The Kier molecular flexibility index (Phi) is 4.16. The lowest BCUT2D eigenvalue weighted by Crippen LogP contribution is -2.70. The standard InChI is InChI=1S/C15H18N4O4/c20-9-11-14(22)19-7-6-18(8-12(19)13(21)17-11)15(23)16-10-4-2-1-3-5-10/h1-5,11-12,20H,6-9H2,(H,16,23)(H,17,21)/t11-,12-/m1/s1. The van der Waals surface area contributed by atoms with Gasteiger partial charge in [-0.15, -0.1) is 0 Å². The van der Waals surface area contributed by atoms with Crippen molar-refractivity contribution in [1.29, 1.82) is 0 Å². The van der Waals surface area contributed by atoms with Crippen LogP contribution in [-0.4, -0.2) is 71.1 Å². The molecule has 1 aromatic rings. The molecule has 0 saturated carbocycles. The van der Waals surface area contributed by atoms with Crippen molar-refractivity contribution in [2.45, 2.75) is 12.1 Å². The lowest BCUT2D eigenvalue weighted by molar-refractivity contribution is -0.153. The summed E-state index contributed by atoms with van der Waals surface area (Å²) in [5.41, 5.74) is 0.671. The van der Waals surface area contributed by atoms with E-state index in [4.69, 9.17) is 5.11 Å². The van der Waals surface area contributed by atoms with E-state index >= 15 is 0 Å². The third-order valence-electron chi connectivity index (χ3n) is 4.08. The van der Waals surface area contributed by atoms with Crippen LogP contribution in [-0.2, 0) is 9.59 Å². The molecule has 2 atom stereocenters. The van der Waals surface area contributed by atoms with Gasteiger partial charge in [0.05, 0.1) is 13.2 Å². The summed E-state index contributed by atoms with van der Waals surface area (Å²) < 4.78 is 0. The number of aliphatic hydroxyl groups excluding tert-OH is 1. The molecule has 122 valence electrons. The first kappa shape index (κ1) is 15.3. The number of rotatable bonds is 2. The number of benzene rings is 1. The SMILES string of the molecule is O=C1N[C@H](CO)C(=O)N2CCN(C(=O)Nc3ccccc3)C[C@H]12. The largest absolute Gasteiger partial charge is 0.394 e. The summed E-state index contributed by atoms with van der Waals surface area (Å²) >= 11 is 0. The van der Waals surface area contributed by atoms with Gasteiger partial charge in [0.1, 0.15) is 12.1 Å². The summed E-state index contributed by atoms with van der Waals surface area (Å²) in [5, 5.41) is 14.4. The minimum atomic E-state index is -0.886. The van der Waals surface area contributed by atoms with Crippen molar-refractivity contribution in [1.82, 2.24) is 15.1 Å². The molecule has 0 aliphatic carbocycles. The number of carbonyl (C=O) groups excluding carboxylic acids is 3. The molecule has 23 heavy (non-hydrogen) atoms. The fourth-order valence-corrected chi connectivity index (χ4v) is 2.83. The number of fused-ring (bicyclic) bond motifs is 1. The minimum Gasteiger partial charge on any atom is -0.394 e. The Labute approximate surface area is 133 Å². The summed E-state index contributed by atoms with van der Waals surface area (Å²) in [7, 11) is 0. The Bertz CT molecular complexity index is 621. The first-order valence-corrected chi connectivity index (χ1v) is 7.43. The molecule has 2 fully saturated rings. The molecule has 2 aliphatic rings. The quantitative estimate of drug-likeness (QED) is 0.666. The second kappa shape index (κ2) is 6.25. The van der Waals surface area contributed by atoms with Gasteiger partial charge < -0.3 is 25.5 Å². The predicted octanol–water partition coefficient (Wildman–Crippen LogP) is -0.778. The van der Waals surface area contributed by atoms with Crippen LogP contribution in [0.3, 0.4) is 0 Å². The molecule has 0 bridgehead atoms. The van der Waals surface area contributed by atoms with E-state index in [1.54, 1.807) is 12.1 Å². The van der Waals surface area contributed by atoms with E-state index in [9.17, 15) is 14.4 Å². The molecule has 4 amide bonds. The highest BCUT2D eigenvalue weighted by Gasteiger charge is 2.43. The summed E-state index contributed by atoms with van der Waals surface area (Å²) in [5.74, 6) is -0.652. The molecule has 3 N–H and O–H groups in total. The number of hydrogen-bond donors (Lipinski definition) is 3. The van der Waals surface area contributed by atoms with E-state index in [2.05, 4.69) is 10.6 Å². The fourth-order valence-electron chi connectivity index (χ4n) is 2.83. The lowest BCUT2D eigenvalue weighted by Gasteiger charge is -2.44. The number of nitrogens with zero attached hydrogens (tertiary/aromatic N) is 2. The topological polar surface area (TPSA) is 102 Å². The van der Waals surface area contributed by atoms with E-state index in [-0.39, 0.29) is 30.9 Å². The molecule has 2 aliphatic heterocycles. The molecule has 3 rings (SSSR count). The highest BCUT2D eigenvalue weighted by Crippen LogP contribution is 2.17. The van der Waals surface area contributed by atoms with Gasteiger partial charge in [0.2, 0.25) is 11.8 Å². The third-order valence-corrected chi connectivity index (χ3v) is 4.08. The minimum absolute atomic E-state index is 0.133. The Morgan fingerprint density at radius 3 is 2.70 bits per heavy atom. The summed E-state index contributed by atoms with van der Waals surface area (Å²) in [6.45, 7) is 0.322. The molecule has 8 nitrogen and oxygen atoms in total. The van der Waals surface area contributed by atoms with Crippen LogP contribution in [0, 0.1) is 0 Å². The Morgan fingerprint density at radius 1 is 1.26 bits per heavy atom. The molecule has 2 heterocycles. The fraction of sp³-hybridized carbons (Fsp3) is 0.400. The van der Waals surface area contributed by atoms with Crippen molar-refractivity contribution in [2.75, 3.05) is 31.6 Å². The van der Waals surface area contributed by atoms with Crippen molar-refractivity contribution in [3.63, 3.8) is 0 Å². The van der Waals surface area contributed by atoms with Gasteiger partial charge in [-0.2, -0.15) is 0 Å². The Morgan fingerprint density at radius 2 is 2.00 bits per heavy atom. The first-order valence-electron chi connectivity index (χ1n) is 7.43. The molecule has 0 radical (unpaired) electrons. The zero-order valence-electron chi connectivity index (χ0n) is 12.4. The number of aliphatic hydroxyl groups is 1. The van der Waals surface area contributed by atoms with Crippen molar-refractivity contribution in [2.24, 2.45) is 0 Å². The molecule has 0 spiro atoms. The summed E-state index contributed by atoms with van der Waals surface area (Å²) in [6, 6.07) is 7.13. The van der Waals surface area contributed by atoms with Gasteiger partial charge in [-0.25, -0.2) is 4.79 Å². The number of nitrogens with one attached hydrogen (secondary N) is 2. The number of carbonyl (C=O) groups is 3. The normalized spacial score (nSPS) is 24.0. The van der Waals surface area contributed by atoms with Gasteiger partial charge in [-0.05, 0) is 12.1 Å². The van der Waals surface area contributed by atoms with Gasteiger partial charge in [-0.1, -0.05) is 18.2 Å². The van der Waals surface area contributed by atoms with Gasteiger partial charge >= 0.3 is 6.03 Å². The number of urea groups is 1. The monoisotopic (exact) mass is 318 g/mol. The van der Waals surface area contributed by atoms with Gasteiger partial charge in [-0.3, -0.25) is 9.59 Å². The smallest absolute Gasteiger partial charge is 0.321 e. The van der Waals surface area contributed by atoms with Crippen LogP contribution in [0.5, 0.6) is 0 Å². The number of amides is 4. The van der Waals surface area contributed by atoms with Crippen LogP contribution in [0.1, 0.15) is 0 Å². The highest BCUT2D eigenvalue weighted by molar-refractivity contribution is 5.98. The van der Waals surface area contributed by atoms with Crippen LogP contribution in [0.2, 0.25) is 0 Å². The van der Waals surface area contributed by atoms with Crippen LogP contribution in [0.25, 0.3) is 0 Å². The van der Waals surface area contributed by atoms with Crippen LogP contribution < -0.4 is 10.6 Å². The second-order valence-electron chi connectivity index (χ2n) is 5.53. The number of hydrogen-bond acceptors (Lipinski definition) is 4. The zero-order valence-corrected chi connectivity index (χ0v) is 12.4. The molecule has 0 aromatic heterocycles. The van der Waals surface area contributed by atoms with Crippen molar-refractivity contribution < 1.29 is 19.5 Å². The van der Waals surface area contributed by atoms with Crippen LogP contribution >= 0.6 is 0 Å². The van der Waals surface area contributed by atoms with E-state index in [1.165, 1.54) is 9.80 Å². The van der Waals surface area contributed by atoms with E-state index in [0.717, 1.165) is 0 Å². The molecule has 2 saturated heterocycles. The average Bonchev–Trinajstić information content (AvgIpc) is 2.58. The second-order valence-corrected chi connectivity index (χ2v) is 5.53. The van der Waals surface area contributed by atoms with E-state index in [1.807, 2.05) is 18.2 Å². The van der Waals surface area contributed by atoms with Gasteiger partial charge in [0.15, 0.2) is 0 Å². The van der Waals surface area contributed by atoms with Gasteiger partial charge in [0.25, 0.3) is 0 Å². The van der Waals surface area contributed by atoms with Crippen molar-refractivity contribution >= 4 is 23.5 Å². The lowest BCUT2D eigenvalue weighted by atomic mass is 10.0. The number of anilines is 1. The van der Waals surface area contributed by atoms with Crippen LogP contribution in [0.15, 0.2) is 30.3 Å². The number of piperazine rings is 2. The van der Waals surface area contributed by atoms with Crippen molar-refractivity contribution in [3.8, 4) is 0 Å². The molecular weight excluding hydrogens is 300 g/mol. The predicted molar refractivity (Wildman–Crippen MR) is 81.6 cm³/mol. The van der Waals surface area contributed by atoms with Crippen LogP contribution in [0.4, 0.5) is 10.5 Å². The number of para-hydroxylation sites is 1. The van der Waals surface area contributed by atoms with Gasteiger partial charge in [0, 0.05) is 18.8 Å². The summed E-state index contributed by atoms with van der Waals surface area (Å²) in [6.07, 6.45) is 0. The highest BCUT2D eigenvalue weighted by atomic mass is 16.3. The maximum absolute atomic E-state index is 12.3. The zero-order chi connectivity index (χ0) is 16.4. The maximum Gasteiger partial charge on any atom is 0.321 e. The molecule has 0 unspecified atom stereocenters. The third kappa shape index (κ3) is 2.98. The first-order chi connectivity index (χ1) is 11.1. The van der Waals surface area contributed by atoms with E-state index < -0.39 is 18.7 Å². The molecular formula is C15H18N4O4. The summed E-state index contributed by atoms with van der Waals surface area (Å²) in [4.78, 5) is 39.5. The maximum atomic E-state index is 12.3. The van der Waals surface area contributed by atoms with E-state index in [0.29, 0.717) is 12.2 Å². The Hall–Kier alpha value is -2.61. The Balaban J connectivity index is 1.67. The van der Waals surface area contributed by atoms with Crippen molar-refractivity contribution in [3.05, 3.63) is 30.3 Å². The average molecular weight is 318 g/mol.